The molecule has 0 saturated carbocycles. The number of aryl methyl sites for hydroxylation is 1. The molecule has 4 nitrogen and oxygen atoms in total. The average Bonchev–Trinajstić information content (AvgIpc) is 2.80. The van der Waals surface area contributed by atoms with Crippen molar-refractivity contribution in [3.05, 3.63) is 29.6 Å². The molecule has 0 aliphatic carbocycles. The largest absolute Gasteiger partial charge is 0.356 e. The van der Waals surface area contributed by atoms with Crippen LogP contribution in [0.25, 0.3) is 11.0 Å². The molecule has 0 atom stereocenters. The minimum absolute atomic E-state index is 0.155. The Kier molecular flexibility index (Phi) is 5.58. The highest BCUT2D eigenvalue weighted by atomic mass is 16.1. The SMILES string of the molecule is CCCCC(=O)NCCc1ccc2c(c1)nc(C)n2C(C)C. The first-order valence-electron chi connectivity index (χ1n) is 8.27. The van der Waals surface area contributed by atoms with Crippen molar-refractivity contribution in [2.45, 2.75) is 59.4 Å². The second-order valence-corrected chi connectivity index (χ2v) is 6.15. The van der Waals surface area contributed by atoms with Crippen molar-refractivity contribution in [2.75, 3.05) is 6.54 Å². The molecule has 0 bridgehead atoms. The summed E-state index contributed by atoms with van der Waals surface area (Å²) in [5.41, 5.74) is 3.45. The maximum absolute atomic E-state index is 11.6. The van der Waals surface area contributed by atoms with Crippen LogP contribution in [0.2, 0.25) is 0 Å². The zero-order chi connectivity index (χ0) is 16.1. The number of fused-ring (bicyclic) bond motifs is 1. The molecule has 0 aliphatic rings. The molecule has 0 unspecified atom stereocenters. The van der Waals surface area contributed by atoms with E-state index in [9.17, 15) is 4.79 Å². The van der Waals surface area contributed by atoms with Crippen LogP contribution in [0.3, 0.4) is 0 Å². The molecule has 0 spiro atoms. The second kappa shape index (κ2) is 7.43. The minimum Gasteiger partial charge on any atom is -0.356 e. The number of carbonyl (C=O) groups excluding carboxylic acids is 1. The van der Waals surface area contributed by atoms with E-state index in [2.05, 4.69) is 53.8 Å². The second-order valence-electron chi connectivity index (χ2n) is 6.15. The average molecular weight is 301 g/mol. The van der Waals surface area contributed by atoms with Gasteiger partial charge in [-0.25, -0.2) is 4.98 Å². The van der Waals surface area contributed by atoms with Gasteiger partial charge in [0.25, 0.3) is 0 Å². The highest BCUT2D eigenvalue weighted by Gasteiger charge is 2.10. The van der Waals surface area contributed by atoms with Crippen LogP contribution in [-0.2, 0) is 11.2 Å². The Morgan fingerprint density at radius 3 is 2.82 bits per heavy atom. The maximum atomic E-state index is 11.6. The number of carbonyl (C=O) groups is 1. The van der Waals surface area contributed by atoms with Gasteiger partial charge in [0.1, 0.15) is 5.82 Å². The van der Waals surface area contributed by atoms with Crippen LogP contribution < -0.4 is 5.32 Å². The van der Waals surface area contributed by atoms with Crippen LogP contribution in [0, 0.1) is 6.92 Å². The van der Waals surface area contributed by atoms with Gasteiger partial charge in [0.2, 0.25) is 5.91 Å². The standard InChI is InChI=1S/C18H27N3O/c1-5-6-7-18(22)19-11-10-15-8-9-17-16(12-15)20-14(4)21(17)13(2)3/h8-9,12-13H,5-7,10-11H2,1-4H3,(H,19,22). The van der Waals surface area contributed by atoms with Crippen LogP contribution in [-0.4, -0.2) is 22.0 Å². The Balaban J connectivity index is 2.00. The third-order valence-electron chi connectivity index (χ3n) is 3.94. The van der Waals surface area contributed by atoms with Gasteiger partial charge in [-0.2, -0.15) is 0 Å². The lowest BCUT2D eigenvalue weighted by atomic mass is 10.1. The number of aromatic nitrogens is 2. The van der Waals surface area contributed by atoms with E-state index in [1.54, 1.807) is 0 Å². The molecule has 4 heteroatoms. The molecule has 0 saturated heterocycles. The molecule has 0 fully saturated rings. The summed E-state index contributed by atoms with van der Waals surface area (Å²) in [7, 11) is 0. The third-order valence-corrected chi connectivity index (χ3v) is 3.94. The molecule has 1 aromatic heterocycles. The molecule has 0 radical (unpaired) electrons. The van der Waals surface area contributed by atoms with Crippen molar-refractivity contribution in [3.63, 3.8) is 0 Å². The van der Waals surface area contributed by atoms with E-state index in [0.717, 1.165) is 30.6 Å². The Hall–Kier alpha value is -1.84. The molecule has 1 aromatic carbocycles. The van der Waals surface area contributed by atoms with Crippen molar-refractivity contribution in [1.82, 2.24) is 14.9 Å². The molecule has 22 heavy (non-hydrogen) atoms. The lowest BCUT2D eigenvalue weighted by Gasteiger charge is -2.11. The predicted molar refractivity (Wildman–Crippen MR) is 91.1 cm³/mol. The number of amides is 1. The first-order valence-corrected chi connectivity index (χ1v) is 8.27. The summed E-state index contributed by atoms with van der Waals surface area (Å²) in [6.45, 7) is 9.19. The van der Waals surface area contributed by atoms with E-state index in [1.165, 1.54) is 11.1 Å². The fraction of sp³-hybridized carbons (Fsp3) is 0.556. The van der Waals surface area contributed by atoms with Gasteiger partial charge in [0.05, 0.1) is 11.0 Å². The zero-order valence-corrected chi connectivity index (χ0v) is 14.1. The van der Waals surface area contributed by atoms with Crippen molar-refractivity contribution >= 4 is 16.9 Å². The topological polar surface area (TPSA) is 46.9 Å². The van der Waals surface area contributed by atoms with Gasteiger partial charge in [0, 0.05) is 19.0 Å². The van der Waals surface area contributed by atoms with E-state index in [4.69, 9.17) is 0 Å². The molecule has 120 valence electrons. The number of benzene rings is 1. The lowest BCUT2D eigenvalue weighted by Crippen LogP contribution is -2.25. The molecule has 1 amide bonds. The van der Waals surface area contributed by atoms with Crippen LogP contribution in [0.1, 0.15) is 57.5 Å². The van der Waals surface area contributed by atoms with Crippen molar-refractivity contribution < 1.29 is 4.79 Å². The van der Waals surface area contributed by atoms with Crippen LogP contribution in [0.15, 0.2) is 18.2 Å². The van der Waals surface area contributed by atoms with E-state index in [0.29, 0.717) is 19.0 Å². The van der Waals surface area contributed by atoms with Crippen LogP contribution in [0.5, 0.6) is 0 Å². The van der Waals surface area contributed by atoms with Gasteiger partial charge in [-0.15, -0.1) is 0 Å². The summed E-state index contributed by atoms with van der Waals surface area (Å²) in [6, 6.07) is 6.83. The van der Waals surface area contributed by atoms with Crippen LogP contribution >= 0.6 is 0 Å². The fourth-order valence-corrected chi connectivity index (χ4v) is 2.84. The van der Waals surface area contributed by atoms with E-state index in [1.807, 2.05) is 6.92 Å². The van der Waals surface area contributed by atoms with E-state index in [-0.39, 0.29) is 5.91 Å². The summed E-state index contributed by atoms with van der Waals surface area (Å²) in [5.74, 6) is 1.21. The Morgan fingerprint density at radius 1 is 1.36 bits per heavy atom. The first-order chi connectivity index (χ1) is 10.5. The highest BCUT2D eigenvalue weighted by molar-refractivity contribution is 5.77. The molecule has 2 rings (SSSR count). The summed E-state index contributed by atoms with van der Waals surface area (Å²) in [4.78, 5) is 16.3. The molecular weight excluding hydrogens is 274 g/mol. The molecule has 0 aliphatic heterocycles. The third kappa shape index (κ3) is 3.87. The summed E-state index contributed by atoms with van der Waals surface area (Å²) in [6.07, 6.45) is 3.50. The normalized spacial score (nSPS) is 11.3. The van der Waals surface area contributed by atoms with Gasteiger partial charge in [-0.3, -0.25) is 4.79 Å². The van der Waals surface area contributed by atoms with Crippen molar-refractivity contribution in [2.24, 2.45) is 0 Å². The molecule has 1 N–H and O–H groups in total. The Bertz CT molecular complexity index is 643. The molecule has 2 aromatic rings. The van der Waals surface area contributed by atoms with Gasteiger partial charge in [-0.05, 0) is 51.3 Å². The zero-order valence-electron chi connectivity index (χ0n) is 14.1. The lowest BCUT2D eigenvalue weighted by molar-refractivity contribution is -0.121. The first kappa shape index (κ1) is 16.5. The molecular formula is C18H27N3O. The van der Waals surface area contributed by atoms with E-state index < -0.39 is 0 Å². The van der Waals surface area contributed by atoms with Crippen molar-refractivity contribution in [1.29, 1.82) is 0 Å². The molecule has 1 heterocycles. The maximum Gasteiger partial charge on any atom is 0.220 e. The number of unbranched alkanes of at least 4 members (excludes halogenated alkanes) is 1. The summed E-state index contributed by atoms with van der Waals surface area (Å²) < 4.78 is 2.26. The predicted octanol–water partition coefficient (Wildman–Crippen LogP) is 3.77. The van der Waals surface area contributed by atoms with E-state index >= 15 is 0 Å². The van der Waals surface area contributed by atoms with Gasteiger partial charge < -0.3 is 9.88 Å². The van der Waals surface area contributed by atoms with Gasteiger partial charge in [-0.1, -0.05) is 19.4 Å². The highest BCUT2D eigenvalue weighted by Crippen LogP contribution is 2.21. The monoisotopic (exact) mass is 301 g/mol. The number of hydrogen-bond acceptors (Lipinski definition) is 2. The summed E-state index contributed by atoms with van der Waals surface area (Å²) in [5, 5.41) is 2.98. The number of imidazole rings is 1. The van der Waals surface area contributed by atoms with Crippen LogP contribution in [0.4, 0.5) is 0 Å². The Labute approximate surface area is 132 Å². The summed E-state index contributed by atoms with van der Waals surface area (Å²) >= 11 is 0. The smallest absolute Gasteiger partial charge is 0.220 e. The number of nitrogens with one attached hydrogen (secondary N) is 1. The van der Waals surface area contributed by atoms with Gasteiger partial charge >= 0.3 is 0 Å². The Morgan fingerprint density at radius 2 is 2.14 bits per heavy atom. The number of hydrogen-bond donors (Lipinski definition) is 1. The van der Waals surface area contributed by atoms with Crippen molar-refractivity contribution in [3.8, 4) is 0 Å². The quantitative estimate of drug-likeness (QED) is 0.846. The minimum atomic E-state index is 0.155. The number of nitrogens with zero attached hydrogens (tertiary/aromatic N) is 2. The fourth-order valence-electron chi connectivity index (χ4n) is 2.84. The van der Waals surface area contributed by atoms with Gasteiger partial charge in [0.15, 0.2) is 0 Å². The number of rotatable bonds is 7.